The van der Waals surface area contributed by atoms with Crippen LogP contribution >= 0.6 is 0 Å². The molecule has 0 aromatic rings. The van der Waals surface area contributed by atoms with Gasteiger partial charge in [0.15, 0.2) is 0 Å². The maximum Gasteiger partial charge on any atom is 0.107 e. The topological polar surface area (TPSA) is 35.8 Å². The van der Waals surface area contributed by atoms with Gasteiger partial charge in [-0.25, -0.2) is 0 Å². The van der Waals surface area contributed by atoms with E-state index in [1.165, 1.54) is 25.7 Å². The van der Waals surface area contributed by atoms with E-state index in [-0.39, 0.29) is 5.54 Å². The average Bonchev–Trinajstić information content (AvgIpc) is 2.99. The van der Waals surface area contributed by atoms with Crippen molar-refractivity contribution in [1.82, 2.24) is 5.32 Å². The predicted octanol–water partition coefficient (Wildman–Crippen LogP) is 1.83. The number of nitrogens with zero attached hydrogens (tertiary/aromatic N) is 1. The highest BCUT2D eigenvalue weighted by molar-refractivity contribution is 5.14. The molecule has 2 heteroatoms. The van der Waals surface area contributed by atoms with Gasteiger partial charge in [-0.1, -0.05) is 5.92 Å². The minimum absolute atomic E-state index is 0.319. The predicted molar refractivity (Wildman–Crippen MR) is 55.3 cm³/mol. The second kappa shape index (κ2) is 3.30. The van der Waals surface area contributed by atoms with Crippen LogP contribution in [0.4, 0.5) is 0 Å². The van der Waals surface area contributed by atoms with Crippen LogP contribution in [0.5, 0.6) is 0 Å². The van der Waals surface area contributed by atoms with E-state index in [9.17, 15) is 5.26 Å². The molecule has 1 spiro atoms. The highest BCUT2D eigenvalue weighted by Crippen LogP contribution is 2.57. The van der Waals surface area contributed by atoms with Gasteiger partial charge in [0.2, 0.25) is 0 Å². The van der Waals surface area contributed by atoms with Gasteiger partial charge < -0.3 is 0 Å². The zero-order valence-electron chi connectivity index (χ0n) is 8.47. The molecule has 2 aliphatic carbocycles. The normalized spacial score (nSPS) is 26.4. The second-order valence-corrected chi connectivity index (χ2v) is 4.75. The molecule has 0 aromatic carbocycles. The highest BCUT2D eigenvalue weighted by atomic mass is 15.0. The molecule has 2 rings (SSSR count). The Morgan fingerprint density at radius 3 is 2.14 bits per heavy atom. The summed E-state index contributed by atoms with van der Waals surface area (Å²) in [4.78, 5) is 0. The summed E-state index contributed by atoms with van der Waals surface area (Å²) >= 11 is 0. The van der Waals surface area contributed by atoms with Gasteiger partial charge in [0.1, 0.15) is 5.54 Å². The monoisotopic (exact) mass is 188 g/mol. The van der Waals surface area contributed by atoms with E-state index in [1.807, 2.05) is 0 Å². The van der Waals surface area contributed by atoms with Crippen LogP contribution in [0.25, 0.3) is 0 Å². The van der Waals surface area contributed by atoms with Gasteiger partial charge in [-0.15, -0.1) is 6.42 Å². The molecule has 0 aromatic heterocycles. The lowest BCUT2D eigenvalue weighted by atomic mass is 9.75. The largest absolute Gasteiger partial charge is 0.288 e. The van der Waals surface area contributed by atoms with Gasteiger partial charge in [0.25, 0.3) is 0 Å². The molecule has 2 saturated carbocycles. The Morgan fingerprint density at radius 1 is 1.14 bits per heavy atom. The Kier molecular flexibility index (Phi) is 2.25. The summed E-state index contributed by atoms with van der Waals surface area (Å²) in [5, 5.41) is 12.4. The zero-order chi connectivity index (χ0) is 10.1. The lowest BCUT2D eigenvalue weighted by Gasteiger charge is -2.35. The summed E-state index contributed by atoms with van der Waals surface area (Å²) in [6, 6.07) is 2.41. The van der Waals surface area contributed by atoms with Crippen LogP contribution in [-0.2, 0) is 0 Å². The fourth-order valence-electron chi connectivity index (χ4n) is 2.43. The highest BCUT2D eigenvalue weighted by Gasteiger charge is 2.49. The number of nitrogens with one attached hydrogen (secondary N) is 1. The van der Waals surface area contributed by atoms with Crippen molar-refractivity contribution in [2.24, 2.45) is 5.41 Å². The van der Waals surface area contributed by atoms with Crippen LogP contribution < -0.4 is 5.32 Å². The molecule has 0 heterocycles. The summed E-state index contributed by atoms with van der Waals surface area (Å²) < 4.78 is 0. The van der Waals surface area contributed by atoms with Crippen LogP contribution in [0.3, 0.4) is 0 Å². The Morgan fingerprint density at radius 2 is 1.71 bits per heavy atom. The molecule has 0 unspecified atom stereocenters. The molecule has 0 bridgehead atoms. The van der Waals surface area contributed by atoms with Gasteiger partial charge in [-0.05, 0) is 43.9 Å². The number of hydrogen-bond acceptors (Lipinski definition) is 2. The van der Waals surface area contributed by atoms with Crippen LogP contribution in [0, 0.1) is 29.1 Å². The third-order valence-corrected chi connectivity index (χ3v) is 3.86. The fourth-order valence-corrected chi connectivity index (χ4v) is 2.43. The minimum Gasteiger partial charge on any atom is -0.288 e. The first-order valence-electron chi connectivity index (χ1n) is 5.34. The van der Waals surface area contributed by atoms with Crippen molar-refractivity contribution >= 4 is 0 Å². The summed E-state index contributed by atoms with van der Waals surface area (Å²) in [5.41, 5.74) is 0.318. The molecule has 1 N–H and O–H groups in total. The fraction of sp³-hybridized carbons (Fsp3) is 0.750. The summed E-state index contributed by atoms with van der Waals surface area (Å²) in [7, 11) is 0. The van der Waals surface area contributed by atoms with E-state index in [0.29, 0.717) is 12.0 Å². The lowest BCUT2D eigenvalue weighted by molar-refractivity contribution is 0.230. The number of nitriles is 1. The van der Waals surface area contributed by atoms with Crippen molar-refractivity contribution in [3.8, 4) is 18.4 Å². The van der Waals surface area contributed by atoms with Gasteiger partial charge in [0.05, 0.1) is 12.6 Å². The molecule has 2 fully saturated rings. The van der Waals surface area contributed by atoms with Crippen LogP contribution in [0.15, 0.2) is 0 Å². The molecular formula is C12H16N2. The van der Waals surface area contributed by atoms with Gasteiger partial charge >= 0.3 is 0 Å². The molecule has 2 aliphatic rings. The smallest absolute Gasteiger partial charge is 0.107 e. The van der Waals surface area contributed by atoms with Crippen LogP contribution in [-0.4, -0.2) is 12.1 Å². The maximum atomic E-state index is 9.18. The molecule has 0 aliphatic heterocycles. The SMILES string of the molecule is C#CCNC1(C#N)CCC2(CC2)CC1. The Bertz CT molecular complexity index is 291. The second-order valence-electron chi connectivity index (χ2n) is 4.75. The van der Waals surface area contributed by atoms with Crippen molar-refractivity contribution in [2.45, 2.75) is 44.1 Å². The van der Waals surface area contributed by atoms with Crippen LogP contribution in [0.1, 0.15) is 38.5 Å². The van der Waals surface area contributed by atoms with Crippen LogP contribution in [0.2, 0.25) is 0 Å². The van der Waals surface area contributed by atoms with E-state index in [0.717, 1.165) is 12.8 Å². The van der Waals surface area contributed by atoms with Crippen molar-refractivity contribution in [1.29, 1.82) is 5.26 Å². The molecule has 0 atom stereocenters. The molecule has 0 saturated heterocycles. The number of rotatable bonds is 2. The molecule has 0 radical (unpaired) electrons. The lowest BCUT2D eigenvalue weighted by Crippen LogP contribution is -2.47. The third-order valence-electron chi connectivity index (χ3n) is 3.86. The summed E-state index contributed by atoms with van der Waals surface area (Å²) in [6.07, 6.45) is 12.3. The zero-order valence-corrected chi connectivity index (χ0v) is 8.47. The first kappa shape index (κ1) is 9.56. The van der Waals surface area contributed by atoms with Gasteiger partial charge in [0, 0.05) is 0 Å². The van der Waals surface area contributed by atoms with Gasteiger partial charge in [-0.3, -0.25) is 5.32 Å². The van der Waals surface area contributed by atoms with E-state index >= 15 is 0 Å². The van der Waals surface area contributed by atoms with Crippen molar-refractivity contribution in [3.63, 3.8) is 0 Å². The van der Waals surface area contributed by atoms with Crippen molar-refractivity contribution in [2.75, 3.05) is 6.54 Å². The quantitative estimate of drug-likeness (QED) is 0.671. The minimum atomic E-state index is -0.319. The average molecular weight is 188 g/mol. The molecule has 74 valence electrons. The number of terminal acetylenes is 1. The summed E-state index contributed by atoms with van der Waals surface area (Å²) in [6.45, 7) is 0.514. The van der Waals surface area contributed by atoms with E-state index in [2.05, 4.69) is 17.3 Å². The van der Waals surface area contributed by atoms with Gasteiger partial charge in [-0.2, -0.15) is 5.26 Å². The molecule has 2 nitrogen and oxygen atoms in total. The summed E-state index contributed by atoms with van der Waals surface area (Å²) in [5.74, 6) is 2.55. The Labute approximate surface area is 85.7 Å². The first-order valence-corrected chi connectivity index (χ1v) is 5.34. The van der Waals surface area contributed by atoms with E-state index in [4.69, 9.17) is 6.42 Å². The maximum absolute atomic E-state index is 9.18. The van der Waals surface area contributed by atoms with E-state index in [1.54, 1.807) is 0 Å². The van der Waals surface area contributed by atoms with E-state index < -0.39 is 0 Å². The Hall–Kier alpha value is -0.990. The molecule has 14 heavy (non-hydrogen) atoms. The Balaban J connectivity index is 1.95. The standard InChI is InChI=1S/C12H16N2/c1-2-9-14-12(10-13)7-5-11(3-4-11)6-8-12/h1,14H,3-9H2. The van der Waals surface area contributed by atoms with Crippen molar-refractivity contribution < 1.29 is 0 Å². The van der Waals surface area contributed by atoms with Crippen molar-refractivity contribution in [3.05, 3.63) is 0 Å². The third kappa shape index (κ3) is 1.63. The molecule has 0 amide bonds. The molecular weight excluding hydrogens is 172 g/mol. The number of hydrogen-bond donors (Lipinski definition) is 1. The first-order chi connectivity index (χ1) is 6.74.